The summed E-state index contributed by atoms with van der Waals surface area (Å²) in [6.07, 6.45) is 0.0862. The molecule has 2 aromatic rings. The summed E-state index contributed by atoms with van der Waals surface area (Å²) < 4.78 is 41.9. The Morgan fingerprint density at radius 3 is 2.23 bits per heavy atom. The van der Waals surface area contributed by atoms with E-state index in [0.717, 1.165) is 5.56 Å². The van der Waals surface area contributed by atoms with Crippen LogP contribution < -0.4 is 9.62 Å². The molecule has 0 unspecified atom stereocenters. The van der Waals surface area contributed by atoms with E-state index in [1.807, 2.05) is 24.0 Å². The highest BCUT2D eigenvalue weighted by Gasteiger charge is 2.24. The number of nitrogens with zero attached hydrogens (tertiary/aromatic N) is 2. The van der Waals surface area contributed by atoms with Crippen LogP contribution in [0.4, 0.5) is 10.1 Å². The average Bonchev–Trinajstić information content (AvgIpc) is 2.67. The van der Waals surface area contributed by atoms with Crippen LogP contribution in [0.15, 0.2) is 41.3 Å². The Hall–Kier alpha value is -2.45. The van der Waals surface area contributed by atoms with Gasteiger partial charge in [-0.3, -0.25) is 4.79 Å². The number of para-hydroxylation sites is 1. The molecule has 0 atom stereocenters. The Morgan fingerprint density at radius 2 is 1.63 bits per heavy atom. The lowest BCUT2D eigenvalue weighted by Gasteiger charge is -2.36. The molecule has 8 heteroatoms. The van der Waals surface area contributed by atoms with Gasteiger partial charge in [0.1, 0.15) is 5.82 Å². The molecular formula is C22H28FN3O3S. The number of carbonyl (C=O) groups is 1. The fraction of sp³-hybridized carbons (Fsp3) is 0.409. The molecule has 1 aliphatic heterocycles. The molecule has 30 heavy (non-hydrogen) atoms. The molecule has 1 fully saturated rings. The molecule has 2 aromatic carbocycles. The Labute approximate surface area is 177 Å². The van der Waals surface area contributed by atoms with Gasteiger partial charge in [-0.25, -0.2) is 17.5 Å². The van der Waals surface area contributed by atoms with Gasteiger partial charge in [0.15, 0.2) is 0 Å². The normalized spacial score (nSPS) is 14.8. The summed E-state index contributed by atoms with van der Waals surface area (Å²) in [5.74, 6) is -0.378. The fourth-order valence-electron chi connectivity index (χ4n) is 4.02. The van der Waals surface area contributed by atoms with E-state index in [9.17, 15) is 17.6 Å². The van der Waals surface area contributed by atoms with Gasteiger partial charge in [-0.05, 0) is 44.0 Å². The number of hydrogen-bond acceptors (Lipinski definition) is 4. The first-order chi connectivity index (χ1) is 14.2. The molecule has 1 amide bonds. The summed E-state index contributed by atoms with van der Waals surface area (Å²) >= 11 is 0. The van der Waals surface area contributed by atoms with Crippen molar-refractivity contribution in [2.45, 2.75) is 32.1 Å². The summed E-state index contributed by atoms with van der Waals surface area (Å²) in [6, 6.07) is 10.3. The number of carbonyl (C=O) groups excluding carboxylic acids is 1. The first-order valence-corrected chi connectivity index (χ1v) is 11.5. The SMILES string of the molecule is Cc1cc(C)c(S(=O)(=O)NCCC(=O)N2CCN(c3ccccc3F)CC2)c(C)c1. The zero-order chi connectivity index (χ0) is 21.9. The quantitative estimate of drug-likeness (QED) is 0.761. The summed E-state index contributed by atoms with van der Waals surface area (Å²) in [6.45, 7) is 7.56. The minimum Gasteiger partial charge on any atom is -0.366 e. The van der Waals surface area contributed by atoms with E-state index in [-0.39, 0.29) is 29.6 Å². The van der Waals surface area contributed by atoms with Gasteiger partial charge in [-0.15, -0.1) is 0 Å². The minimum absolute atomic E-state index is 0.0431. The number of aryl methyl sites for hydroxylation is 3. The van der Waals surface area contributed by atoms with Crippen LogP contribution in [-0.4, -0.2) is 51.9 Å². The van der Waals surface area contributed by atoms with Gasteiger partial charge in [0.2, 0.25) is 15.9 Å². The molecule has 1 N–H and O–H groups in total. The van der Waals surface area contributed by atoms with E-state index in [1.54, 1.807) is 36.9 Å². The van der Waals surface area contributed by atoms with Crippen molar-refractivity contribution < 1.29 is 17.6 Å². The third-order valence-corrected chi connectivity index (χ3v) is 7.10. The Balaban J connectivity index is 1.53. The second-order valence-corrected chi connectivity index (χ2v) is 9.40. The lowest BCUT2D eigenvalue weighted by molar-refractivity contribution is -0.131. The van der Waals surface area contributed by atoms with Crippen molar-refractivity contribution in [3.05, 3.63) is 58.9 Å². The number of sulfonamides is 1. The number of benzene rings is 2. The second kappa shape index (κ2) is 9.14. The molecule has 1 saturated heterocycles. The van der Waals surface area contributed by atoms with E-state index in [0.29, 0.717) is 43.0 Å². The summed E-state index contributed by atoms with van der Waals surface area (Å²) in [7, 11) is -3.68. The summed E-state index contributed by atoms with van der Waals surface area (Å²) in [5.41, 5.74) is 2.93. The largest absolute Gasteiger partial charge is 0.366 e. The van der Waals surface area contributed by atoms with Gasteiger partial charge in [0, 0.05) is 39.1 Å². The third kappa shape index (κ3) is 4.99. The molecule has 6 nitrogen and oxygen atoms in total. The first-order valence-electron chi connectivity index (χ1n) is 10.0. The molecule has 162 valence electrons. The highest BCUT2D eigenvalue weighted by molar-refractivity contribution is 7.89. The Morgan fingerprint density at radius 1 is 1.03 bits per heavy atom. The maximum absolute atomic E-state index is 13.9. The van der Waals surface area contributed by atoms with E-state index in [4.69, 9.17) is 0 Å². The highest BCUT2D eigenvalue weighted by atomic mass is 32.2. The molecule has 0 radical (unpaired) electrons. The minimum atomic E-state index is -3.68. The monoisotopic (exact) mass is 433 g/mol. The molecule has 0 aliphatic carbocycles. The zero-order valence-corrected chi connectivity index (χ0v) is 18.4. The van der Waals surface area contributed by atoms with Crippen molar-refractivity contribution in [1.82, 2.24) is 9.62 Å². The van der Waals surface area contributed by atoms with Crippen LogP contribution in [0.5, 0.6) is 0 Å². The van der Waals surface area contributed by atoms with Crippen LogP contribution in [-0.2, 0) is 14.8 Å². The smallest absolute Gasteiger partial charge is 0.241 e. The standard InChI is InChI=1S/C22H28FN3O3S/c1-16-14-17(2)22(18(3)15-16)30(28,29)24-9-8-21(27)26-12-10-25(11-13-26)20-7-5-4-6-19(20)23/h4-7,14-15,24H,8-13H2,1-3H3. The van der Waals surface area contributed by atoms with Crippen LogP contribution in [0, 0.1) is 26.6 Å². The lowest BCUT2D eigenvalue weighted by Crippen LogP contribution is -2.49. The van der Waals surface area contributed by atoms with Crippen LogP contribution in [0.1, 0.15) is 23.1 Å². The number of rotatable bonds is 6. The molecule has 0 saturated carbocycles. The number of hydrogen-bond donors (Lipinski definition) is 1. The Kier molecular flexibility index (Phi) is 6.77. The maximum Gasteiger partial charge on any atom is 0.241 e. The van der Waals surface area contributed by atoms with Crippen molar-refractivity contribution in [3.8, 4) is 0 Å². The van der Waals surface area contributed by atoms with Gasteiger partial charge < -0.3 is 9.80 Å². The predicted octanol–water partition coefficient (Wildman–Crippen LogP) is 2.77. The molecular weight excluding hydrogens is 405 g/mol. The van der Waals surface area contributed by atoms with Crippen LogP contribution in [0.3, 0.4) is 0 Å². The van der Waals surface area contributed by atoms with Crippen molar-refractivity contribution in [2.75, 3.05) is 37.6 Å². The Bertz CT molecular complexity index is 1010. The van der Waals surface area contributed by atoms with Gasteiger partial charge in [0.25, 0.3) is 0 Å². The van der Waals surface area contributed by atoms with E-state index in [2.05, 4.69) is 4.72 Å². The number of amides is 1. The average molecular weight is 434 g/mol. The molecule has 3 rings (SSSR count). The maximum atomic E-state index is 13.9. The predicted molar refractivity (Wildman–Crippen MR) is 116 cm³/mol. The zero-order valence-electron chi connectivity index (χ0n) is 17.6. The topological polar surface area (TPSA) is 69.7 Å². The van der Waals surface area contributed by atoms with Crippen LogP contribution in [0.2, 0.25) is 0 Å². The summed E-state index contributed by atoms with van der Waals surface area (Å²) in [5, 5.41) is 0. The summed E-state index contributed by atoms with van der Waals surface area (Å²) in [4.78, 5) is 16.4. The first kappa shape index (κ1) is 22.2. The molecule has 1 heterocycles. The van der Waals surface area contributed by atoms with Crippen molar-refractivity contribution >= 4 is 21.6 Å². The van der Waals surface area contributed by atoms with Gasteiger partial charge >= 0.3 is 0 Å². The van der Waals surface area contributed by atoms with Crippen LogP contribution in [0.25, 0.3) is 0 Å². The van der Waals surface area contributed by atoms with Gasteiger partial charge in [-0.1, -0.05) is 29.8 Å². The number of nitrogens with one attached hydrogen (secondary N) is 1. The van der Waals surface area contributed by atoms with E-state index >= 15 is 0 Å². The van der Waals surface area contributed by atoms with Crippen LogP contribution >= 0.6 is 0 Å². The second-order valence-electron chi connectivity index (χ2n) is 7.69. The fourth-order valence-corrected chi connectivity index (χ4v) is 5.50. The lowest BCUT2D eigenvalue weighted by atomic mass is 10.1. The van der Waals surface area contributed by atoms with Crippen molar-refractivity contribution in [2.24, 2.45) is 0 Å². The van der Waals surface area contributed by atoms with Crippen molar-refractivity contribution in [3.63, 3.8) is 0 Å². The van der Waals surface area contributed by atoms with Gasteiger partial charge in [0.05, 0.1) is 10.6 Å². The van der Waals surface area contributed by atoms with E-state index in [1.165, 1.54) is 6.07 Å². The molecule has 0 aromatic heterocycles. The highest BCUT2D eigenvalue weighted by Crippen LogP contribution is 2.22. The number of anilines is 1. The van der Waals surface area contributed by atoms with E-state index < -0.39 is 10.0 Å². The number of piperazine rings is 1. The molecule has 1 aliphatic rings. The van der Waals surface area contributed by atoms with Crippen molar-refractivity contribution in [1.29, 1.82) is 0 Å². The van der Waals surface area contributed by atoms with Gasteiger partial charge in [-0.2, -0.15) is 0 Å². The third-order valence-electron chi connectivity index (χ3n) is 5.33. The molecule has 0 spiro atoms. The number of halogens is 1. The molecule has 0 bridgehead atoms.